The lowest BCUT2D eigenvalue weighted by atomic mass is 9.84. The Morgan fingerprint density at radius 3 is 2.58 bits per heavy atom. The van der Waals surface area contributed by atoms with Gasteiger partial charge >= 0.3 is 5.97 Å². The second-order valence-electron chi connectivity index (χ2n) is 18.8. The number of carbonyl (C=O) groups is 5. The van der Waals surface area contributed by atoms with Gasteiger partial charge in [0.05, 0.1) is 30.0 Å². The van der Waals surface area contributed by atoms with Crippen LogP contribution in [0.15, 0.2) is 67.5 Å². The number of hydrazine groups is 1. The van der Waals surface area contributed by atoms with Gasteiger partial charge in [0.2, 0.25) is 17.7 Å². The first kappa shape index (κ1) is 47.0. The molecule has 346 valence electrons. The van der Waals surface area contributed by atoms with Gasteiger partial charge in [-0.3, -0.25) is 34.0 Å². The van der Waals surface area contributed by atoms with E-state index in [1.165, 1.54) is 16.0 Å². The summed E-state index contributed by atoms with van der Waals surface area (Å²) >= 11 is 0. The number of amides is 4. The Balaban J connectivity index is 1.29. The number of cyclic esters (lactones) is 1. The largest absolute Gasteiger partial charge is 0.464 e. The number of benzene rings is 1. The molecule has 6 bridgehead atoms. The van der Waals surface area contributed by atoms with E-state index in [4.69, 9.17) is 19.4 Å². The predicted molar refractivity (Wildman–Crippen MR) is 248 cm³/mol. The second-order valence-corrected chi connectivity index (χ2v) is 18.8. The van der Waals surface area contributed by atoms with Gasteiger partial charge in [0, 0.05) is 81.1 Å². The Labute approximate surface area is 381 Å². The van der Waals surface area contributed by atoms with Gasteiger partial charge in [0.25, 0.3) is 5.91 Å². The van der Waals surface area contributed by atoms with Crippen LogP contribution in [0, 0.1) is 17.3 Å². The van der Waals surface area contributed by atoms with Crippen molar-refractivity contribution in [2.45, 2.75) is 104 Å². The number of nitrogens with one attached hydrogen (secondary N) is 2. The number of pyridine rings is 2. The van der Waals surface area contributed by atoms with E-state index in [0.29, 0.717) is 45.3 Å². The molecule has 1 aromatic carbocycles. The van der Waals surface area contributed by atoms with Crippen LogP contribution in [0.4, 0.5) is 0 Å². The highest BCUT2D eigenvalue weighted by Crippen LogP contribution is 2.41. The molecule has 15 heteroatoms. The lowest BCUT2D eigenvalue weighted by molar-refractivity contribution is -0.155. The molecule has 65 heavy (non-hydrogen) atoms. The highest BCUT2D eigenvalue weighted by molar-refractivity contribution is 5.95. The van der Waals surface area contributed by atoms with Crippen molar-refractivity contribution in [3.63, 3.8) is 0 Å². The monoisotopic (exact) mass is 888 g/mol. The summed E-state index contributed by atoms with van der Waals surface area (Å²) in [5, 5.41) is 5.44. The fourth-order valence-corrected chi connectivity index (χ4v) is 9.71. The van der Waals surface area contributed by atoms with Crippen molar-refractivity contribution >= 4 is 40.6 Å². The first-order chi connectivity index (χ1) is 31.0. The number of esters is 1. The number of methoxy groups -OCH3 is 1. The third kappa shape index (κ3) is 9.86. The van der Waals surface area contributed by atoms with Crippen molar-refractivity contribution in [1.82, 2.24) is 40.1 Å². The van der Waals surface area contributed by atoms with E-state index < -0.39 is 47.2 Å². The van der Waals surface area contributed by atoms with Crippen molar-refractivity contribution in [2.24, 2.45) is 17.3 Å². The van der Waals surface area contributed by atoms with Gasteiger partial charge in [0.1, 0.15) is 23.8 Å². The van der Waals surface area contributed by atoms with Crippen LogP contribution in [0.5, 0.6) is 0 Å². The van der Waals surface area contributed by atoms with Gasteiger partial charge in [0.15, 0.2) is 0 Å². The summed E-state index contributed by atoms with van der Waals surface area (Å²) in [6.45, 7) is 17.3. The Kier molecular flexibility index (Phi) is 14.2. The van der Waals surface area contributed by atoms with E-state index in [9.17, 15) is 24.0 Å². The molecule has 0 radical (unpaired) electrons. The molecule has 5 atom stereocenters. The lowest BCUT2D eigenvalue weighted by Crippen LogP contribution is -2.62. The van der Waals surface area contributed by atoms with Crippen molar-refractivity contribution in [3.8, 4) is 22.4 Å². The zero-order valence-corrected chi connectivity index (χ0v) is 39.1. The minimum absolute atomic E-state index is 0.116. The van der Waals surface area contributed by atoms with Gasteiger partial charge in [-0.15, -0.1) is 0 Å². The fraction of sp³-hybridized carbons (Fsp3) is 0.500. The maximum Gasteiger partial charge on any atom is 0.324 e. The Morgan fingerprint density at radius 2 is 1.86 bits per heavy atom. The van der Waals surface area contributed by atoms with E-state index in [2.05, 4.69) is 54.8 Å². The van der Waals surface area contributed by atoms with Gasteiger partial charge in [-0.25, -0.2) is 10.4 Å². The molecule has 3 aromatic heterocycles. The molecule has 2 N–H and O–H groups in total. The van der Waals surface area contributed by atoms with Crippen molar-refractivity contribution < 1.29 is 33.4 Å². The summed E-state index contributed by atoms with van der Waals surface area (Å²) < 4.78 is 14.1. The van der Waals surface area contributed by atoms with Crippen molar-refractivity contribution in [2.75, 3.05) is 40.4 Å². The molecular weight excluding hydrogens is 825 g/mol. The number of hydrogen-bond donors (Lipinski definition) is 2. The highest BCUT2D eigenvalue weighted by Gasteiger charge is 2.40. The van der Waals surface area contributed by atoms with Crippen LogP contribution in [0.1, 0.15) is 83.7 Å². The molecule has 0 spiro atoms. The number of likely N-dealkylation sites (N-methyl/N-ethyl adjacent to an activating group) is 1. The van der Waals surface area contributed by atoms with Gasteiger partial charge in [-0.05, 0) is 86.4 Å². The minimum atomic E-state index is -1.06. The normalized spacial score (nSPS) is 21.1. The maximum absolute atomic E-state index is 14.7. The average Bonchev–Trinajstić information content (AvgIpc) is 3.92. The molecule has 6 heterocycles. The van der Waals surface area contributed by atoms with E-state index >= 15 is 0 Å². The first-order valence-electron chi connectivity index (χ1n) is 22.9. The van der Waals surface area contributed by atoms with Gasteiger partial charge in [-0.1, -0.05) is 58.5 Å². The molecule has 0 aliphatic carbocycles. The second kappa shape index (κ2) is 19.7. The number of hydrogen-bond acceptors (Lipinski definition) is 10. The Hall–Kier alpha value is -5.93. The number of likely N-dealkylation sites (tertiary alicyclic amines) is 1. The molecule has 3 aliphatic rings. The summed E-state index contributed by atoms with van der Waals surface area (Å²) in [6.07, 6.45) is 6.77. The number of fused-ring (bicyclic) bond motifs is 6. The summed E-state index contributed by atoms with van der Waals surface area (Å²) in [4.78, 5) is 82.2. The third-order valence-electron chi connectivity index (χ3n) is 13.2. The van der Waals surface area contributed by atoms with E-state index in [-0.39, 0.29) is 43.4 Å². The zero-order valence-electron chi connectivity index (χ0n) is 39.1. The summed E-state index contributed by atoms with van der Waals surface area (Å²) in [7, 11) is 3.28. The predicted octanol–water partition coefficient (Wildman–Crippen LogP) is 5.66. The van der Waals surface area contributed by atoms with Crippen LogP contribution in [-0.4, -0.2) is 117 Å². The number of aromatic nitrogens is 3. The quantitative estimate of drug-likeness (QED) is 0.150. The van der Waals surface area contributed by atoms with Crippen molar-refractivity contribution in [1.29, 1.82) is 0 Å². The Bertz CT molecular complexity index is 2460. The fourth-order valence-electron chi connectivity index (χ4n) is 9.71. The molecule has 0 saturated carbocycles. The van der Waals surface area contributed by atoms with Gasteiger partial charge < -0.3 is 29.2 Å². The summed E-state index contributed by atoms with van der Waals surface area (Å²) in [5.41, 5.74) is 9.79. The molecule has 2 fully saturated rings. The number of carbonyl (C=O) groups excluding carboxylic acids is 5. The Morgan fingerprint density at radius 1 is 1.08 bits per heavy atom. The van der Waals surface area contributed by atoms with E-state index in [1.807, 2.05) is 57.3 Å². The average molecular weight is 889 g/mol. The number of rotatable bonds is 10. The molecule has 4 amide bonds. The molecule has 15 nitrogen and oxygen atoms in total. The highest BCUT2D eigenvalue weighted by atomic mass is 16.5. The standard InChI is InChI=1S/C50H64N8O7/c1-10-41(59)56-22-19-34(28-56)47(61)55(8)43(30(3)4)46(60)53-40-24-32-15-12-16-33(23-32)35-25-37-38(26-50(6,7)29-65-49(63)39-18-14-21-58(54-39)48(40)62)44(57(11-2)45(37)52-27-35)36-17-13-20-51-42(36)31(5)64-9/h10,12-13,15-17,20,23,25,27,30-31,34,39-40,43,54H,1,11,14,18-19,21-22,24,26,28-29H2,2-9H3,(H,53,60)/t31-,34-,39-,40-,43?/m0/s1. The van der Waals surface area contributed by atoms with Crippen LogP contribution in [0.3, 0.4) is 0 Å². The molecular formula is C50H64N8O7. The molecule has 2 saturated heterocycles. The lowest BCUT2D eigenvalue weighted by Gasteiger charge is -2.37. The van der Waals surface area contributed by atoms with E-state index in [0.717, 1.165) is 50.2 Å². The summed E-state index contributed by atoms with van der Waals surface area (Å²) in [5.74, 6) is -2.61. The van der Waals surface area contributed by atoms with Crippen molar-refractivity contribution in [3.05, 3.63) is 84.3 Å². The van der Waals surface area contributed by atoms with Crippen LogP contribution in [0.2, 0.25) is 0 Å². The van der Waals surface area contributed by atoms with E-state index in [1.54, 1.807) is 25.3 Å². The number of aryl methyl sites for hydroxylation is 1. The number of nitrogens with zero attached hydrogens (tertiary/aromatic N) is 6. The molecule has 7 rings (SSSR count). The van der Waals surface area contributed by atoms with Crippen LogP contribution in [0.25, 0.3) is 33.4 Å². The van der Waals surface area contributed by atoms with Crippen LogP contribution in [-0.2, 0) is 52.8 Å². The first-order valence-corrected chi connectivity index (χ1v) is 22.9. The topological polar surface area (TPSA) is 168 Å². The molecule has 1 unspecified atom stereocenters. The minimum Gasteiger partial charge on any atom is -0.464 e. The van der Waals surface area contributed by atoms with Crippen LogP contribution >= 0.6 is 0 Å². The number of ether oxygens (including phenoxy) is 2. The SMILES string of the molecule is C=CC(=O)N1CC[C@H](C(=O)N(C)C(C(=O)N[C@H]2Cc3cccc(c3)-c3cnc4c(c3)c(c(-c3cccnc3[C@H](C)OC)n4CC)CC(C)(C)COC(=O)[C@@H]3CCCN(N3)C2=O)C(C)C)C1. The molecule has 3 aliphatic heterocycles. The smallest absolute Gasteiger partial charge is 0.324 e. The zero-order chi connectivity index (χ0) is 46.7. The van der Waals surface area contributed by atoms with Gasteiger partial charge in [-0.2, -0.15) is 0 Å². The third-order valence-corrected chi connectivity index (χ3v) is 13.2. The summed E-state index contributed by atoms with van der Waals surface area (Å²) in [6, 6.07) is 11.3. The molecule has 4 aromatic rings. The maximum atomic E-state index is 14.7. The van der Waals surface area contributed by atoms with Crippen LogP contribution < -0.4 is 10.7 Å².